The second-order valence-corrected chi connectivity index (χ2v) is 2.04. The fourth-order valence-electron chi connectivity index (χ4n) is 0.393. The molecule has 0 aromatic rings. The molecule has 1 unspecified atom stereocenters. The number of hydrogen-bond donors (Lipinski definition) is 4. The van der Waals surface area contributed by atoms with E-state index in [2.05, 4.69) is 0 Å². The van der Waals surface area contributed by atoms with Crippen LogP contribution in [0.25, 0.3) is 0 Å². The van der Waals surface area contributed by atoms with Gasteiger partial charge in [0.1, 0.15) is 6.10 Å². The van der Waals surface area contributed by atoms with E-state index in [1.54, 1.807) is 0 Å². The smallest absolute Gasteiger partial charge is 0.100 e. The second kappa shape index (κ2) is 5.57. The molecule has 0 aromatic heterocycles. The predicted molar refractivity (Wildman–Crippen MR) is 36.1 cm³/mol. The van der Waals surface area contributed by atoms with E-state index in [1.807, 2.05) is 0 Å². The minimum atomic E-state index is -0.834. The predicted octanol–water partition coefficient (Wildman–Crippen LogP) is -2.40. The summed E-state index contributed by atoms with van der Waals surface area (Å²) >= 11 is 0. The Balaban J connectivity index is 3.03. The van der Waals surface area contributed by atoms with Crippen LogP contribution in [0.5, 0.6) is 0 Å². The lowest BCUT2D eigenvalue weighted by atomic mass is 10.4. The maximum atomic E-state index is 8.71. The summed E-state index contributed by atoms with van der Waals surface area (Å²) in [4.78, 5) is 0. The van der Waals surface area contributed by atoms with Crippen molar-refractivity contribution in [3.05, 3.63) is 0 Å². The number of aliphatic hydroxyl groups is 2. The standard InChI is InChI=1S/C5H14N2O3/c6-5(7)3-10-2-4(9)1-8/h4-5,8-9H,1-3,6-7H2. The van der Waals surface area contributed by atoms with Crippen LogP contribution < -0.4 is 11.5 Å². The first-order chi connectivity index (χ1) is 4.66. The minimum absolute atomic E-state index is 0.0708. The zero-order valence-electron chi connectivity index (χ0n) is 5.73. The summed E-state index contributed by atoms with van der Waals surface area (Å²) in [6.45, 7) is -0.0434. The molecule has 62 valence electrons. The Morgan fingerprint density at radius 3 is 2.30 bits per heavy atom. The zero-order valence-corrected chi connectivity index (χ0v) is 5.73. The summed E-state index contributed by atoms with van der Waals surface area (Å²) < 4.78 is 4.79. The highest BCUT2D eigenvalue weighted by Crippen LogP contribution is 1.82. The molecular formula is C5H14N2O3. The van der Waals surface area contributed by atoms with Crippen molar-refractivity contribution in [3.63, 3.8) is 0 Å². The molecular weight excluding hydrogens is 136 g/mol. The SMILES string of the molecule is NC(N)COCC(O)CO. The zero-order chi connectivity index (χ0) is 7.98. The molecule has 0 amide bonds. The van der Waals surface area contributed by atoms with Gasteiger partial charge in [-0.3, -0.25) is 0 Å². The van der Waals surface area contributed by atoms with Gasteiger partial charge in [-0.25, -0.2) is 0 Å². The summed E-state index contributed by atoms with van der Waals surface area (Å²) in [5.74, 6) is 0. The van der Waals surface area contributed by atoms with Gasteiger partial charge >= 0.3 is 0 Å². The third-order valence-corrected chi connectivity index (χ3v) is 0.831. The molecule has 0 aliphatic carbocycles. The van der Waals surface area contributed by atoms with E-state index in [0.29, 0.717) is 0 Å². The molecule has 5 nitrogen and oxygen atoms in total. The maximum absolute atomic E-state index is 8.71. The average molecular weight is 150 g/mol. The number of hydrogen-bond acceptors (Lipinski definition) is 5. The van der Waals surface area contributed by atoms with Crippen LogP contribution in [-0.2, 0) is 4.74 Å². The Labute approximate surface area is 59.6 Å². The number of rotatable bonds is 5. The lowest BCUT2D eigenvalue weighted by Crippen LogP contribution is -2.36. The van der Waals surface area contributed by atoms with Crippen molar-refractivity contribution >= 4 is 0 Å². The first kappa shape index (κ1) is 9.80. The van der Waals surface area contributed by atoms with E-state index < -0.39 is 12.3 Å². The molecule has 0 aliphatic rings. The quantitative estimate of drug-likeness (QED) is 0.327. The van der Waals surface area contributed by atoms with Crippen molar-refractivity contribution in [2.75, 3.05) is 19.8 Å². The molecule has 0 saturated heterocycles. The lowest BCUT2D eigenvalue weighted by molar-refractivity contribution is 0.00289. The third kappa shape index (κ3) is 5.93. The topological polar surface area (TPSA) is 102 Å². The van der Waals surface area contributed by atoms with Gasteiger partial charge < -0.3 is 26.4 Å². The first-order valence-electron chi connectivity index (χ1n) is 3.04. The molecule has 1 atom stereocenters. The molecule has 0 fully saturated rings. The van der Waals surface area contributed by atoms with Crippen LogP contribution in [0, 0.1) is 0 Å². The van der Waals surface area contributed by atoms with E-state index in [4.69, 9.17) is 26.4 Å². The van der Waals surface area contributed by atoms with Crippen molar-refractivity contribution < 1.29 is 14.9 Å². The third-order valence-electron chi connectivity index (χ3n) is 0.831. The summed E-state index contributed by atoms with van der Waals surface area (Å²) in [6.07, 6.45) is -1.36. The van der Waals surface area contributed by atoms with Crippen LogP contribution in [-0.4, -0.2) is 42.3 Å². The molecule has 0 saturated carbocycles. The van der Waals surface area contributed by atoms with Gasteiger partial charge in [0.15, 0.2) is 0 Å². The van der Waals surface area contributed by atoms with Gasteiger partial charge in [0.05, 0.1) is 26.0 Å². The lowest BCUT2D eigenvalue weighted by Gasteiger charge is -2.09. The van der Waals surface area contributed by atoms with Gasteiger partial charge in [0.2, 0.25) is 0 Å². The second-order valence-electron chi connectivity index (χ2n) is 2.04. The van der Waals surface area contributed by atoms with Crippen LogP contribution in [0.3, 0.4) is 0 Å². The van der Waals surface area contributed by atoms with Crippen molar-refractivity contribution in [2.45, 2.75) is 12.3 Å². The number of aliphatic hydroxyl groups excluding tert-OH is 2. The van der Waals surface area contributed by atoms with Gasteiger partial charge in [-0.2, -0.15) is 0 Å². The molecule has 0 spiro atoms. The van der Waals surface area contributed by atoms with E-state index >= 15 is 0 Å². The highest BCUT2D eigenvalue weighted by atomic mass is 16.5. The van der Waals surface area contributed by atoms with Gasteiger partial charge in [-0.1, -0.05) is 0 Å². The van der Waals surface area contributed by atoms with Crippen molar-refractivity contribution in [1.82, 2.24) is 0 Å². The van der Waals surface area contributed by atoms with E-state index in [-0.39, 0.29) is 19.8 Å². The molecule has 0 aliphatic heterocycles. The van der Waals surface area contributed by atoms with E-state index in [0.717, 1.165) is 0 Å². The van der Waals surface area contributed by atoms with Crippen molar-refractivity contribution in [2.24, 2.45) is 11.5 Å². The average Bonchev–Trinajstić information content (AvgIpc) is 1.87. The molecule has 6 N–H and O–H groups in total. The van der Waals surface area contributed by atoms with Crippen LogP contribution in [0.1, 0.15) is 0 Å². The highest BCUT2D eigenvalue weighted by molar-refractivity contribution is 4.51. The van der Waals surface area contributed by atoms with Crippen molar-refractivity contribution in [1.29, 1.82) is 0 Å². The molecule has 0 heterocycles. The molecule has 0 bridgehead atoms. The monoisotopic (exact) mass is 150 g/mol. The highest BCUT2D eigenvalue weighted by Gasteiger charge is 2.01. The van der Waals surface area contributed by atoms with Gasteiger partial charge in [0, 0.05) is 0 Å². The summed E-state index contributed by atoms with van der Waals surface area (Å²) in [5, 5.41) is 17.0. The largest absolute Gasteiger partial charge is 0.394 e. The minimum Gasteiger partial charge on any atom is -0.394 e. The molecule has 5 heteroatoms. The summed E-state index contributed by atoms with van der Waals surface area (Å²) in [6, 6.07) is 0. The van der Waals surface area contributed by atoms with Crippen LogP contribution >= 0.6 is 0 Å². The Morgan fingerprint density at radius 1 is 1.30 bits per heavy atom. The fourth-order valence-corrected chi connectivity index (χ4v) is 0.393. The Bertz CT molecular complexity index is 79.3. The van der Waals surface area contributed by atoms with Crippen LogP contribution in [0.2, 0.25) is 0 Å². The van der Waals surface area contributed by atoms with Gasteiger partial charge in [0.25, 0.3) is 0 Å². The summed E-state index contributed by atoms with van der Waals surface area (Å²) in [5.41, 5.74) is 10.3. The Morgan fingerprint density at radius 2 is 1.90 bits per heavy atom. The molecule has 0 radical (unpaired) electrons. The van der Waals surface area contributed by atoms with Crippen molar-refractivity contribution in [3.8, 4) is 0 Å². The normalized spacial score (nSPS) is 14.1. The number of nitrogens with two attached hydrogens (primary N) is 2. The van der Waals surface area contributed by atoms with E-state index in [1.165, 1.54) is 0 Å². The first-order valence-corrected chi connectivity index (χ1v) is 3.04. The molecule has 10 heavy (non-hydrogen) atoms. The van der Waals surface area contributed by atoms with E-state index in [9.17, 15) is 0 Å². The maximum Gasteiger partial charge on any atom is 0.100 e. The van der Waals surface area contributed by atoms with Gasteiger partial charge in [-0.15, -0.1) is 0 Å². The molecule has 0 rings (SSSR count). The number of ether oxygens (including phenoxy) is 1. The Hall–Kier alpha value is -0.200. The fraction of sp³-hybridized carbons (Fsp3) is 1.00. The Kier molecular flexibility index (Phi) is 5.46. The van der Waals surface area contributed by atoms with Crippen LogP contribution in [0.4, 0.5) is 0 Å². The van der Waals surface area contributed by atoms with Gasteiger partial charge in [-0.05, 0) is 0 Å². The molecule has 0 aromatic carbocycles. The van der Waals surface area contributed by atoms with Crippen LogP contribution in [0.15, 0.2) is 0 Å². The summed E-state index contributed by atoms with van der Waals surface area (Å²) in [7, 11) is 0.